The highest BCUT2D eigenvalue weighted by Gasteiger charge is 2.30. The summed E-state index contributed by atoms with van der Waals surface area (Å²) in [6, 6.07) is 23.1. The van der Waals surface area contributed by atoms with Crippen molar-refractivity contribution in [2.24, 2.45) is 4.99 Å². The summed E-state index contributed by atoms with van der Waals surface area (Å²) < 4.78 is 11.2. The van der Waals surface area contributed by atoms with Crippen molar-refractivity contribution in [1.29, 1.82) is 0 Å². The highest BCUT2D eigenvalue weighted by Crippen LogP contribution is 2.33. The van der Waals surface area contributed by atoms with Crippen LogP contribution in [0.2, 0.25) is 0 Å². The van der Waals surface area contributed by atoms with E-state index in [4.69, 9.17) is 9.47 Å². The average Bonchev–Trinajstić information content (AvgIpc) is 3.20. The Hall–Kier alpha value is -3.88. The number of amidine groups is 1. The smallest absolute Gasteiger partial charge is 0.266 e. The summed E-state index contributed by atoms with van der Waals surface area (Å²) in [6.45, 7) is 4.83. The summed E-state index contributed by atoms with van der Waals surface area (Å²) in [7, 11) is 1.71. The van der Waals surface area contributed by atoms with E-state index in [1.807, 2.05) is 54.6 Å². The lowest BCUT2D eigenvalue weighted by Crippen LogP contribution is -2.40. The Bertz CT molecular complexity index is 1390. The summed E-state index contributed by atoms with van der Waals surface area (Å²) >= 11 is 1.32. The van der Waals surface area contributed by atoms with Gasteiger partial charge in [0.2, 0.25) is 0 Å². The lowest BCUT2D eigenvalue weighted by atomic mass is 10.1. The Balaban J connectivity index is 1.26. The van der Waals surface area contributed by atoms with Gasteiger partial charge in [-0.2, -0.15) is 0 Å². The number of nitrogens with zero attached hydrogens (tertiary/aromatic N) is 3. The van der Waals surface area contributed by atoms with Gasteiger partial charge in [0, 0.05) is 25.7 Å². The molecule has 0 atom stereocenters. The number of benzene rings is 3. The maximum Gasteiger partial charge on any atom is 0.266 e. The van der Waals surface area contributed by atoms with Crippen molar-refractivity contribution in [2.75, 3.05) is 33.4 Å². The third-order valence-corrected chi connectivity index (χ3v) is 7.35. The molecule has 5 rings (SSSR count). The second-order valence-corrected chi connectivity index (χ2v) is 10.2. The molecule has 2 fully saturated rings. The number of aryl methyl sites for hydroxylation is 1. The summed E-state index contributed by atoms with van der Waals surface area (Å²) in [5.41, 5.74) is 4.43. The quantitative estimate of drug-likeness (QED) is 0.408. The Morgan fingerprint density at radius 2 is 1.82 bits per heavy atom. The molecule has 0 spiro atoms. The van der Waals surface area contributed by atoms with Gasteiger partial charge in [0.15, 0.2) is 5.17 Å². The number of thioether (sulfide) groups is 1. The Labute approximate surface area is 226 Å². The third-order valence-electron chi connectivity index (χ3n) is 6.29. The minimum absolute atomic E-state index is 0.0363. The minimum Gasteiger partial charge on any atom is -0.489 e. The molecule has 0 aliphatic carbocycles. The van der Waals surface area contributed by atoms with Crippen LogP contribution in [-0.2, 0) is 16.1 Å². The van der Waals surface area contributed by atoms with Gasteiger partial charge in [0.1, 0.15) is 12.4 Å². The fourth-order valence-electron chi connectivity index (χ4n) is 4.20. The van der Waals surface area contributed by atoms with Crippen LogP contribution in [0.15, 0.2) is 82.7 Å². The fourth-order valence-corrected chi connectivity index (χ4v) is 5.19. The topological polar surface area (TPSA) is 71.4 Å². The molecule has 0 radical (unpaired) electrons. The average molecular weight is 528 g/mol. The number of hydrogen-bond acceptors (Lipinski definition) is 6. The zero-order valence-electron chi connectivity index (χ0n) is 21.4. The van der Waals surface area contributed by atoms with Crippen LogP contribution >= 0.6 is 11.8 Å². The van der Waals surface area contributed by atoms with Crippen molar-refractivity contribution in [1.82, 2.24) is 9.80 Å². The molecular weight excluding hydrogens is 498 g/mol. The first-order valence-corrected chi connectivity index (χ1v) is 13.3. The van der Waals surface area contributed by atoms with E-state index in [1.54, 1.807) is 24.1 Å². The first-order valence-electron chi connectivity index (χ1n) is 12.5. The summed E-state index contributed by atoms with van der Waals surface area (Å²) in [5, 5.41) is 0.565. The number of rotatable bonds is 6. The van der Waals surface area contributed by atoms with E-state index in [2.05, 4.69) is 24.0 Å². The maximum atomic E-state index is 12.9. The lowest BCUT2D eigenvalue weighted by Gasteiger charge is -2.26. The number of morpholine rings is 1. The molecule has 2 aliphatic rings. The van der Waals surface area contributed by atoms with Crippen LogP contribution in [0.25, 0.3) is 6.08 Å². The van der Waals surface area contributed by atoms with Crippen molar-refractivity contribution >= 4 is 40.5 Å². The zero-order chi connectivity index (χ0) is 26.5. The Morgan fingerprint density at radius 1 is 1.05 bits per heavy atom. The number of carbonyl (C=O) groups is 2. The van der Waals surface area contributed by atoms with Gasteiger partial charge in [-0.05, 0) is 66.2 Å². The largest absolute Gasteiger partial charge is 0.489 e. The normalized spacial score (nSPS) is 17.9. The Kier molecular flexibility index (Phi) is 7.91. The molecular formula is C30H29N3O4S. The van der Waals surface area contributed by atoms with E-state index in [9.17, 15) is 9.59 Å². The molecule has 0 bridgehead atoms. The molecule has 3 aromatic rings. The van der Waals surface area contributed by atoms with E-state index < -0.39 is 0 Å². The van der Waals surface area contributed by atoms with Gasteiger partial charge in [-0.25, -0.2) is 4.99 Å². The SMILES string of the molecule is Cc1cccc(COc2ccc(/C=C3/SC(=Nc4cccc(C(=O)N5CCOCC5)c4)N(C)C3=O)cc2)c1. The standard InChI is InChI=1S/C30H29N3O4S/c1-21-5-3-6-23(17-21)20-37-26-11-9-22(10-12-26)18-27-29(35)32(2)30(38-27)31-25-8-4-7-24(19-25)28(34)33-13-15-36-16-14-33/h3-12,17-19H,13-16,20H2,1-2H3/b27-18+,31-30?. The molecule has 194 valence electrons. The predicted molar refractivity (Wildman–Crippen MR) is 151 cm³/mol. The number of carbonyl (C=O) groups excluding carboxylic acids is 2. The molecule has 38 heavy (non-hydrogen) atoms. The van der Waals surface area contributed by atoms with Crippen molar-refractivity contribution < 1.29 is 19.1 Å². The summed E-state index contributed by atoms with van der Waals surface area (Å²) in [4.78, 5) is 34.3. The van der Waals surface area contributed by atoms with Crippen LogP contribution in [0, 0.1) is 6.92 Å². The number of ether oxygens (including phenoxy) is 2. The van der Waals surface area contributed by atoms with Gasteiger partial charge < -0.3 is 14.4 Å². The number of hydrogen-bond donors (Lipinski definition) is 0. The lowest BCUT2D eigenvalue weighted by molar-refractivity contribution is -0.121. The first kappa shape index (κ1) is 25.8. The third kappa shape index (κ3) is 6.15. The van der Waals surface area contributed by atoms with E-state index in [0.717, 1.165) is 16.9 Å². The highest BCUT2D eigenvalue weighted by molar-refractivity contribution is 8.18. The number of amides is 2. The van der Waals surface area contributed by atoms with E-state index >= 15 is 0 Å². The molecule has 3 aromatic carbocycles. The van der Waals surface area contributed by atoms with Crippen molar-refractivity contribution in [3.8, 4) is 5.75 Å². The van der Waals surface area contributed by atoms with Crippen LogP contribution in [-0.4, -0.2) is 60.1 Å². The molecule has 8 heteroatoms. The number of likely N-dealkylation sites (N-methyl/N-ethyl adjacent to an activating group) is 1. The second kappa shape index (κ2) is 11.7. The zero-order valence-corrected chi connectivity index (χ0v) is 22.2. The molecule has 0 unspecified atom stereocenters. The monoisotopic (exact) mass is 527 g/mol. The molecule has 7 nitrogen and oxygen atoms in total. The number of aliphatic imine (C=N–C) groups is 1. The molecule has 2 saturated heterocycles. The molecule has 2 aliphatic heterocycles. The fraction of sp³-hybridized carbons (Fsp3) is 0.233. The van der Waals surface area contributed by atoms with Crippen LogP contribution in [0.4, 0.5) is 5.69 Å². The molecule has 0 saturated carbocycles. The van der Waals surface area contributed by atoms with Gasteiger partial charge in [-0.1, -0.05) is 48.0 Å². The second-order valence-electron chi connectivity index (χ2n) is 9.17. The van der Waals surface area contributed by atoms with Crippen molar-refractivity contribution in [3.05, 3.63) is 100.0 Å². The maximum absolute atomic E-state index is 12.9. The van der Waals surface area contributed by atoms with E-state index in [1.165, 1.54) is 22.2 Å². The highest BCUT2D eigenvalue weighted by atomic mass is 32.2. The van der Waals surface area contributed by atoms with Gasteiger partial charge >= 0.3 is 0 Å². The van der Waals surface area contributed by atoms with E-state index in [0.29, 0.717) is 54.2 Å². The van der Waals surface area contributed by atoms with Gasteiger partial charge in [-0.15, -0.1) is 0 Å². The molecule has 2 heterocycles. The molecule has 0 N–H and O–H groups in total. The van der Waals surface area contributed by atoms with Crippen molar-refractivity contribution in [2.45, 2.75) is 13.5 Å². The van der Waals surface area contributed by atoms with Crippen LogP contribution in [0.5, 0.6) is 5.75 Å². The molecule has 2 amide bonds. The van der Waals surface area contributed by atoms with Gasteiger partial charge in [-0.3, -0.25) is 14.5 Å². The van der Waals surface area contributed by atoms with Gasteiger partial charge in [0.25, 0.3) is 11.8 Å². The predicted octanol–water partition coefficient (Wildman–Crippen LogP) is 5.28. The van der Waals surface area contributed by atoms with Gasteiger partial charge in [0.05, 0.1) is 23.8 Å². The van der Waals surface area contributed by atoms with Crippen molar-refractivity contribution in [3.63, 3.8) is 0 Å². The van der Waals surface area contributed by atoms with Crippen LogP contribution in [0.1, 0.15) is 27.0 Å². The summed E-state index contributed by atoms with van der Waals surface area (Å²) in [5.74, 6) is 0.616. The van der Waals surface area contributed by atoms with E-state index in [-0.39, 0.29) is 11.8 Å². The minimum atomic E-state index is -0.117. The first-order chi connectivity index (χ1) is 18.5. The van der Waals surface area contributed by atoms with Crippen LogP contribution in [0.3, 0.4) is 0 Å². The molecule has 0 aromatic heterocycles. The Morgan fingerprint density at radius 3 is 2.58 bits per heavy atom. The van der Waals surface area contributed by atoms with Crippen LogP contribution < -0.4 is 4.74 Å². The summed E-state index contributed by atoms with van der Waals surface area (Å²) in [6.07, 6.45) is 1.86.